The molecular weight excluding hydrogens is 242 g/mol. The Morgan fingerprint density at radius 3 is 2.79 bits per heavy atom. The van der Waals surface area contributed by atoms with Crippen molar-refractivity contribution in [2.24, 2.45) is 0 Å². The van der Waals surface area contributed by atoms with Gasteiger partial charge >= 0.3 is 0 Å². The highest BCUT2D eigenvalue weighted by molar-refractivity contribution is 5.48. The van der Waals surface area contributed by atoms with Gasteiger partial charge in [-0.1, -0.05) is 0 Å². The van der Waals surface area contributed by atoms with E-state index in [9.17, 15) is 0 Å². The Morgan fingerprint density at radius 2 is 2.05 bits per heavy atom. The average Bonchev–Trinajstić information content (AvgIpc) is 2.45. The summed E-state index contributed by atoms with van der Waals surface area (Å²) >= 11 is 0. The van der Waals surface area contributed by atoms with Gasteiger partial charge in [0.1, 0.15) is 18.0 Å². The third kappa shape index (κ3) is 4.33. The van der Waals surface area contributed by atoms with Gasteiger partial charge in [-0.2, -0.15) is 0 Å². The van der Waals surface area contributed by atoms with Crippen molar-refractivity contribution in [2.75, 3.05) is 63.7 Å². The second kappa shape index (κ2) is 7.25. The maximum absolute atomic E-state index is 5.02. The van der Waals surface area contributed by atoms with Gasteiger partial charge in [0, 0.05) is 52.5 Å². The summed E-state index contributed by atoms with van der Waals surface area (Å²) in [6.07, 6.45) is 2.61. The highest BCUT2D eigenvalue weighted by Crippen LogP contribution is 2.15. The lowest BCUT2D eigenvalue weighted by Gasteiger charge is -2.33. The smallest absolute Gasteiger partial charge is 0.134 e. The zero-order chi connectivity index (χ0) is 13.5. The zero-order valence-electron chi connectivity index (χ0n) is 11.8. The standard InChI is InChI=1S/C13H23N5O/c1-17-5-7-18(8-6-17)13-10-12(15-11-16-13)14-4-3-9-19-2/h10-11H,3-9H2,1-2H3,(H,14,15,16). The van der Waals surface area contributed by atoms with Gasteiger partial charge in [-0.05, 0) is 13.5 Å². The van der Waals surface area contributed by atoms with E-state index < -0.39 is 0 Å². The topological polar surface area (TPSA) is 53.5 Å². The third-order valence-corrected chi connectivity index (χ3v) is 3.31. The predicted octanol–water partition coefficient (Wildman–Crippen LogP) is 0.677. The molecule has 1 aliphatic rings. The molecule has 0 bridgehead atoms. The van der Waals surface area contributed by atoms with Crippen LogP contribution in [0.2, 0.25) is 0 Å². The molecule has 0 spiro atoms. The largest absolute Gasteiger partial charge is 0.385 e. The first kappa shape index (κ1) is 14.0. The SMILES string of the molecule is COCCCNc1cc(N2CCN(C)CC2)ncn1. The Balaban J connectivity index is 1.87. The number of piperazine rings is 1. The molecule has 1 aliphatic heterocycles. The minimum Gasteiger partial charge on any atom is -0.385 e. The molecule has 0 radical (unpaired) electrons. The maximum Gasteiger partial charge on any atom is 0.134 e. The van der Waals surface area contributed by atoms with E-state index in [0.29, 0.717) is 0 Å². The van der Waals surface area contributed by atoms with Crippen molar-refractivity contribution in [3.8, 4) is 0 Å². The summed E-state index contributed by atoms with van der Waals surface area (Å²) in [4.78, 5) is 13.3. The number of nitrogens with one attached hydrogen (secondary N) is 1. The van der Waals surface area contributed by atoms with Crippen LogP contribution in [0.15, 0.2) is 12.4 Å². The molecule has 1 saturated heterocycles. The van der Waals surface area contributed by atoms with Gasteiger partial charge in [0.25, 0.3) is 0 Å². The van der Waals surface area contributed by atoms with Crippen molar-refractivity contribution in [2.45, 2.75) is 6.42 Å². The fourth-order valence-corrected chi connectivity index (χ4v) is 2.09. The van der Waals surface area contributed by atoms with E-state index in [1.54, 1.807) is 13.4 Å². The van der Waals surface area contributed by atoms with E-state index in [0.717, 1.165) is 57.4 Å². The lowest BCUT2D eigenvalue weighted by atomic mass is 10.3. The first-order valence-corrected chi connectivity index (χ1v) is 6.78. The van der Waals surface area contributed by atoms with Gasteiger partial charge in [-0.3, -0.25) is 0 Å². The summed E-state index contributed by atoms with van der Waals surface area (Å²) in [5.74, 6) is 1.90. The Labute approximate surface area is 114 Å². The van der Waals surface area contributed by atoms with Crippen molar-refractivity contribution >= 4 is 11.6 Å². The summed E-state index contributed by atoms with van der Waals surface area (Å²) in [5, 5.41) is 3.30. The minimum atomic E-state index is 0.767. The summed E-state index contributed by atoms with van der Waals surface area (Å²) in [6.45, 7) is 5.85. The third-order valence-electron chi connectivity index (χ3n) is 3.31. The van der Waals surface area contributed by atoms with Crippen molar-refractivity contribution < 1.29 is 4.74 Å². The molecule has 1 fully saturated rings. The summed E-state index contributed by atoms with van der Waals surface area (Å²) in [5.41, 5.74) is 0. The van der Waals surface area contributed by atoms with E-state index in [4.69, 9.17) is 4.74 Å². The van der Waals surface area contributed by atoms with Crippen LogP contribution in [0.25, 0.3) is 0 Å². The van der Waals surface area contributed by atoms with Crippen molar-refractivity contribution in [1.82, 2.24) is 14.9 Å². The van der Waals surface area contributed by atoms with Gasteiger partial charge in [0.05, 0.1) is 0 Å². The van der Waals surface area contributed by atoms with Gasteiger partial charge in [-0.25, -0.2) is 9.97 Å². The number of nitrogens with zero attached hydrogens (tertiary/aromatic N) is 4. The molecule has 0 saturated carbocycles. The molecule has 1 aromatic rings. The van der Waals surface area contributed by atoms with Gasteiger partial charge < -0.3 is 19.9 Å². The molecule has 2 rings (SSSR count). The van der Waals surface area contributed by atoms with E-state index in [1.165, 1.54) is 0 Å². The van der Waals surface area contributed by atoms with Crippen LogP contribution in [0.5, 0.6) is 0 Å². The molecule has 6 heteroatoms. The van der Waals surface area contributed by atoms with Crippen LogP contribution < -0.4 is 10.2 Å². The average molecular weight is 265 g/mol. The minimum absolute atomic E-state index is 0.767. The van der Waals surface area contributed by atoms with E-state index in [-0.39, 0.29) is 0 Å². The number of hydrogen-bond acceptors (Lipinski definition) is 6. The summed E-state index contributed by atoms with van der Waals surface area (Å²) in [7, 11) is 3.87. The van der Waals surface area contributed by atoms with E-state index >= 15 is 0 Å². The number of aromatic nitrogens is 2. The molecule has 0 aromatic carbocycles. The van der Waals surface area contributed by atoms with E-state index in [1.807, 2.05) is 6.07 Å². The van der Waals surface area contributed by atoms with Crippen LogP contribution in [-0.2, 0) is 4.74 Å². The van der Waals surface area contributed by atoms with Crippen LogP contribution in [0.4, 0.5) is 11.6 Å². The molecule has 0 unspecified atom stereocenters. The Morgan fingerprint density at radius 1 is 1.26 bits per heavy atom. The maximum atomic E-state index is 5.02. The van der Waals surface area contributed by atoms with Crippen molar-refractivity contribution in [3.05, 3.63) is 12.4 Å². The number of methoxy groups -OCH3 is 1. The van der Waals surface area contributed by atoms with Crippen molar-refractivity contribution in [3.63, 3.8) is 0 Å². The lowest BCUT2D eigenvalue weighted by Crippen LogP contribution is -2.44. The molecule has 6 nitrogen and oxygen atoms in total. The summed E-state index contributed by atoms with van der Waals surface area (Å²) in [6, 6.07) is 2.03. The number of ether oxygens (including phenoxy) is 1. The number of anilines is 2. The van der Waals surface area contributed by atoms with Gasteiger partial charge in [-0.15, -0.1) is 0 Å². The van der Waals surface area contributed by atoms with Crippen LogP contribution >= 0.6 is 0 Å². The number of likely N-dealkylation sites (N-methyl/N-ethyl adjacent to an activating group) is 1. The highest BCUT2D eigenvalue weighted by Gasteiger charge is 2.15. The van der Waals surface area contributed by atoms with Crippen LogP contribution in [0.1, 0.15) is 6.42 Å². The molecule has 106 valence electrons. The molecule has 1 aromatic heterocycles. The number of hydrogen-bond donors (Lipinski definition) is 1. The quantitative estimate of drug-likeness (QED) is 0.763. The molecule has 0 atom stereocenters. The second-order valence-corrected chi connectivity index (χ2v) is 4.82. The first-order valence-electron chi connectivity index (χ1n) is 6.78. The molecule has 0 aliphatic carbocycles. The fourth-order valence-electron chi connectivity index (χ4n) is 2.09. The lowest BCUT2D eigenvalue weighted by molar-refractivity contribution is 0.198. The molecule has 2 heterocycles. The normalized spacial score (nSPS) is 16.6. The number of rotatable bonds is 6. The molecular formula is C13H23N5O. The van der Waals surface area contributed by atoms with Crippen LogP contribution in [-0.4, -0.2) is 68.4 Å². The Kier molecular flexibility index (Phi) is 5.35. The van der Waals surface area contributed by atoms with Crippen molar-refractivity contribution in [1.29, 1.82) is 0 Å². The monoisotopic (exact) mass is 265 g/mol. The van der Waals surface area contributed by atoms with Gasteiger partial charge in [0.15, 0.2) is 0 Å². The Bertz CT molecular complexity index is 379. The van der Waals surface area contributed by atoms with E-state index in [2.05, 4.69) is 32.1 Å². The molecule has 19 heavy (non-hydrogen) atoms. The highest BCUT2D eigenvalue weighted by atomic mass is 16.5. The molecule has 0 amide bonds. The van der Waals surface area contributed by atoms with Crippen LogP contribution in [0, 0.1) is 0 Å². The summed E-state index contributed by atoms with van der Waals surface area (Å²) < 4.78 is 5.02. The predicted molar refractivity (Wildman–Crippen MR) is 76.7 cm³/mol. The van der Waals surface area contributed by atoms with Crippen LogP contribution in [0.3, 0.4) is 0 Å². The van der Waals surface area contributed by atoms with Gasteiger partial charge in [0.2, 0.25) is 0 Å². The first-order chi connectivity index (χ1) is 9.29. The Hall–Kier alpha value is -1.40. The zero-order valence-corrected chi connectivity index (χ0v) is 11.8. The molecule has 1 N–H and O–H groups in total. The fraction of sp³-hybridized carbons (Fsp3) is 0.692. The second-order valence-electron chi connectivity index (χ2n) is 4.82.